The molecule has 0 aromatic heterocycles. The lowest BCUT2D eigenvalue weighted by Gasteiger charge is -2.29. The summed E-state index contributed by atoms with van der Waals surface area (Å²) in [5.41, 5.74) is 0.365. The van der Waals surface area contributed by atoms with Crippen molar-refractivity contribution in [3.05, 3.63) is 0 Å². The summed E-state index contributed by atoms with van der Waals surface area (Å²) in [6.07, 6.45) is 1.04. The molecule has 0 spiro atoms. The van der Waals surface area contributed by atoms with Crippen molar-refractivity contribution in [2.45, 2.75) is 6.17 Å². The number of urea groups is 1. The van der Waals surface area contributed by atoms with E-state index in [0.29, 0.717) is 5.71 Å². The average molecular weight is 181 g/mol. The number of rotatable bonds is 0. The van der Waals surface area contributed by atoms with Gasteiger partial charge in [-0.15, -0.1) is 0 Å². The van der Waals surface area contributed by atoms with Crippen LogP contribution in [0.4, 0.5) is 4.79 Å². The molecule has 0 aliphatic carbocycles. The van der Waals surface area contributed by atoms with Crippen LogP contribution in [0.2, 0.25) is 0 Å². The monoisotopic (exact) mass is 181 g/mol. The van der Waals surface area contributed by atoms with Gasteiger partial charge in [0.05, 0.1) is 0 Å². The minimum absolute atomic E-state index is 0.322. The number of carbonyl (C=O) groups is 2. The van der Waals surface area contributed by atoms with Crippen molar-refractivity contribution in [1.82, 2.24) is 9.80 Å². The summed E-state index contributed by atoms with van der Waals surface area (Å²) in [6, 6.07) is -0.322. The second kappa shape index (κ2) is 2.38. The fourth-order valence-electron chi connectivity index (χ4n) is 1.40. The first-order valence-corrected chi connectivity index (χ1v) is 3.83. The number of nitrogens with zero attached hydrogens (tertiary/aromatic N) is 3. The summed E-state index contributed by atoms with van der Waals surface area (Å²) in [4.78, 5) is 32.0. The van der Waals surface area contributed by atoms with Gasteiger partial charge in [0.2, 0.25) is 6.17 Å². The lowest BCUT2D eigenvalue weighted by atomic mass is 10.2. The lowest BCUT2D eigenvalue weighted by molar-refractivity contribution is -0.496. The zero-order valence-electron chi connectivity index (χ0n) is 7.31. The van der Waals surface area contributed by atoms with Crippen LogP contribution in [0.1, 0.15) is 0 Å². The molecule has 2 aliphatic rings. The Morgan fingerprint density at radius 2 is 2.15 bits per heavy atom. The predicted octanol–water partition coefficient (Wildman–Crippen LogP) is -2.60. The van der Waals surface area contributed by atoms with E-state index in [1.807, 2.05) is 0 Å². The highest BCUT2D eigenvalue weighted by atomic mass is 16.2. The molecule has 1 N–H and O–H groups in total. The minimum Gasteiger partial charge on any atom is -0.281 e. The maximum atomic E-state index is 11.5. The molecule has 2 aliphatic heterocycles. The fraction of sp³-hybridized carbons (Fsp3) is 0.429. The van der Waals surface area contributed by atoms with E-state index in [-0.39, 0.29) is 11.9 Å². The van der Waals surface area contributed by atoms with Gasteiger partial charge in [0.1, 0.15) is 0 Å². The molecule has 0 saturated carbocycles. The predicted molar refractivity (Wildman–Crippen MR) is 44.2 cm³/mol. The number of amides is 3. The van der Waals surface area contributed by atoms with Gasteiger partial charge in [-0.25, -0.2) is 9.79 Å². The van der Waals surface area contributed by atoms with E-state index in [1.54, 1.807) is 7.05 Å². The molecular formula is C7H9N4O2+. The maximum absolute atomic E-state index is 11.5. The molecule has 0 aromatic carbocycles. The molecule has 2 heterocycles. The number of carbonyl (C=O) groups excluding carboxylic acids is 2. The highest BCUT2D eigenvalue weighted by molar-refractivity contribution is 6.45. The largest absolute Gasteiger partial charge is 0.330 e. The lowest BCUT2D eigenvalue weighted by Crippen LogP contribution is -2.84. The maximum Gasteiger partial charge on any atom is 0.330 e. The van der Waals surface area contributed by atoms with Crippen LogP contribution >= 0.6 is 0 Å². The minimum atomic E-state index is -0.392. The number of nitrogens with one attached hydrogen (secondary N) is 1. The number of aliphatic imine (C=N–C) groups is 1. The summed E-state index contributed by atoms with van der Waals surface area (Å²) >= 11 is 0. The molecule has 2 rings (SSSR count). The first kappa shape index (κ1) is 7.90. The quantitative estimate of drug-likeness (QED) is 0.445. The van der Waals surface area contributed by atoms with E-state index in [4.69, 9.17) is 0 Å². The Hall–Kier alpha value is -1.72. The van der Waals surface area contributed by atoms with Crippen molar-refractivity contribution in [3.63, 3.8) is 0 Å². The highest BCUT2D eigenvalue weighted by Gasteiger charge is 2.46. The van der Waals surface area contributed by atoms with Crippen LogP contribution in [0.5, 0.6) is 0 Å². The van der Waals surface area contributed by atoms with Crippen LogP contribution in [-0.2, 0) is 4.79 Å². The van der Waals surface area contributed by atoms with Crippen LogP contribution in [0, 0.1) is 0 Å². The molecule has 1 fully saturated rings. The molecule has 3 amide bonds. The van der Waals surface area contributed by atoms with Gasteiger partial charge in [-0.05, 0) is 4.99 Å². The molecule has 1 saturated heterocycles. The average Bonchev–Trinajstić information content (AvgIpc) is 2.59. The second-order valence-corrected chi connectivity index (χ2v) is 2.97. The smallest absolute Gasteiger partial charge is 0.281 e. The van der Waals surface area contributed by atoms with Crippen molar-refractivity contribution in [1.29, 1.82) is 0 Å². The molecule has 0 radical (unpaired) electrons. The van der Waals surface area contributed by atoms with E-state index in [1.165, 1.54) is 18.3 Å². The van der Waals surface area contributed by atoms with Crippen molar-refractivity contribution < 1.29 is 14.6 Å². The third-order valence-corrected chi connectivity index (χ3v) is 2.19. The Labute approximate surface area is 74.6 Å². The molecular weight excluding hydrogens is 172 g/mol. The Morgan fingerprint density at radius 3 is 2.85 bits per heavy atom. The Bertz CT molecular complexity index is 346. The van der Waals surface area contributed by atoms with Gasteiger partial charge >= 0.3 is 11.9 Å². The van der Waals surface area contributed by atoms with Crippen molar-refractivity contribution in [3.8, 4) is 0 Å². The molecule has 1 atom stereocenters. The van der Waals surface area contributed by atoms with E-state index in [2.05, 4.69) is 9.98 Å². The summed E-state index contributed by atoms with van der Waals surface area (Å²) in [5.74, 6) is -0.339. The third-order valence-electron chi connectivity index (χ3n) is 2.19. The van der Waals surface area contributed by atoms with Crippen LogP contribution in [-0.4, -0.2) is 54.0 Å². The Morgan fingerprint density at radius 1 is 1.46 bits per heavy atom. The first-order valence-electron chi connectivity index (χ1n) is 3.83. The van der Waals surface area contributed by atoms with Crippen LogP contribution in [0.15, 0.2) is 4.99 Å². The van der Waals surface area contributed by atoms with E-state index < -0.39 is 6.17 Å². The van der Waals surface area contributed by atoms with E-state index >= 15 is 0 Å². The van der Waals surface area contributed by atoms with Gasteiger partial charge in [0.25, 0.3) is 12.1 Å². The zero-order valence-corrected chi connectivity index (χ0v) is 7.31. The standard InChI is InChI=1S/C7H8N4O2/c1-10-5-4(8-3-9-5)6(12)11(2)7(10)13/h3,5H,1-2H3/p+1. The van der Waals surface area contributed by atoms with E-state index in [9.17, 15) is 9.59 Å². The van der Waals surface area contributed by atoms with Crippen LogP contribution in [0.3, 0.4) is 0 Å². The zero-order chi connectivity index (χ0) is 9.59. The second-order valence-electron chi connectivity index (χ2n) is 2.97. The van der Waals surface area contributed by atoms with Crippen molar-refractivity contribution in [2.75, 3.05) is 14.1 Å². The van der Waals surface area contributed by atoms with E-state index in [0.717, 1.165) is 4.90 Å². The molecule has 68 valence electrons. The number of fused-ring (bicyclic) bond motifs is 1. The van der Waals surface area contributed by atoms with Crippen LogP contribution in [0.25, 0.3) is 0 Å². The molecule has 6 heteroatoms. The van der Waals surface area contributed by atoms with Crippen molar-refractivity contribution in [2.24, 2.45) is 4.99 Å². The van der Waals surface area contributed by atoms with Crippen molar-refractivity contribution >= 4 is 24.0 Å². The van der Waals surface area contributed by atoms with Gasteiger partial charge < -0.3 is 0 Å². The normalized spacial score (nSPS) is 26.6. The molecule has 0 aromatic rings. The summed E-state index contributed by atoms with van der Waals surface area (Å²) < 4.78 is 0. The SMILES string of the molecule is CN1C(=O)C2=NC=[NH+]C2N(C)C1=O. The Balaban J connectivity index is 2.41. The molecule has 1 unspecified atom stereocenters. The summed E-state index contributed by atoms with van der Waals surface area (Å²) in [7, 11) is 3.07. The van der Waals surface area contributed by atoms with Gasteiger partial charge in [-0.2, -0.15) is 0 Å². The number of imide groups is 1. The third kappa shape index (κ3) is 0.881. The Kier molecular flexibility index (Phi) is 1.45. The number of hydrogen-bond acceptors (Lipinski definition) is 3. The molecule has 6 nitrogen and oxygen atoms in total. The van der Waals surface area contributed by atoms with Crippen LogP contribution < -0.4 is 4.99 Å². The van der Waals surface area contributed by atoms with Gasteiger partial charge in [0, 0.05) is 14.1 Å². The highest BCUT2D eigenvalue weighted by Crippen LogP contribution is 2.08. The van der Waals surface area contributed by atoms with Gasteiger partial charge in [0.15, 0.2) is 0 Å². The topological polar surface area (TPSA) is 67.0 Å². The molecule has 13 heavy (non-hydrogen) atoms. The summed E-state index contributed by atoms with van der Waals surface area (Å²) in [6.45, 7) is 0. The molecule has 0 bridgehead atoms. The van der Waals surface area contributed by atoms with Gasteiger partial charge in [-0.3, -0.25) is 14.6 Å². The fourth-order valence-corrected chi connectivity index (χ4v) is 1.40. The summed E-state index contributed by atoms with van der Waals surface area (Å²) in [5, 5.41) is 0. The first-order chi connectivity index (χ1) is 6.13. The number of hydrogen-bond donors (Lipinski definition) is 1. The van der Waals surface area contributed by atoms with Gasteiger partial charge in [-0.1, -0.05) is 0 Å².